The molecule has 1 aliphatic heterocycles. The van der Waals surface area contributed by atoms with Gasteiger partial charge in [-0.15, -0.1) is 0 Å². The zero-order chi connectivity index (χ0) is 16.4. The van der Waals surface area contributed by atoms with E-state index in [1.165, 1.54) is 0 Å². The molecule has 6 nitrogen and oxygen atoms in total. The van der Waals surface area contributed by atoms with Crippen LogP contribution in [0.1, 0.15) is 66.2 Å². The highest BCUT2D eigenvalue weighted by Gasteiger charge is 2.28. The minimum absolute atomic E-state index is 0.0223. The van der Waals surface area contributed by atoms with Crippen LogP contribution in [0.25, 0.3) is 0 Å². The Kier molecular flexibility index (Phi) is 4.41. The van der Waals surface area contributed by atoms with Crippen LogP contribution in [0.3, 0.4) is 0 Å². The molecular weight excluding hydrogens is 290 g/mol. The zero-order valence-electron chi connectivity index (χ0n) is 13.9. The van der Waals surface area contributed by atoms with Crippen LogP contribution in [0.15, 0.2) is 18.6 Å². The molecule has 122 valence electrons. The second-order valence-electron chi connectivity index (χ2n) is 6.45. The average Bonchev–Trinajstić information content (AvgIpc) is 3.08. The number of rotatable bonds is 3. The van der Waals surface area contributed by atoms with Gasteiger partial charge in [-0.25, -0.2) is 15.0 Å². The van der Waals surface area contributed by atoms with Crippen LogP contribution in [0.5, 0.6) is 0 Å². The Hall–Kier alpha value is -2.24. The summed E-state index contributed by atoms with van der Waals surface area (Å²) in [4.78, 5) is 31.1. The Balaban J connectivity index is 1.77. The van der Waals surface area contributed by atoms with Gasteiger partial charge in [-0.3, -0.25) is 4.79 Å². The summed E-state index contributed by atoms with van der Waals surface area (Å²) < 4.78 is 0. The van der Waals surface area contributed by atoms with Crippen molar-refractivity contribution in [2.24, 2.45) is 0 Å². The summed E-state index contributed by atoms with van der Waals surface area (Å²) in [5.74, 6) is 2.31. The number of likely N-dealkylation sites (tertiary alicyclic amines) is 1. The molecule has 1 saturated heterocycles. The number of nitrogens with one attached hydrogen (secondary N) is 1. The maximum atomic E-state index is 12.8. The predicted molar refractivity (Wildman–Crippen MR) is 87.3 cm³/mol. The van der Waals surface area contributed by atoms with Crippen LogP contribution in [0, 0.1) is 6.92 Å². The molecule has 3 heterocycles. The molecule has 1 unspecified atom stereocenters. The number of piperidine rings is 1. The Labute approximate surface area is 136 Å². The van der Waals surface area contributed by atoms with Crippen LogP contribution in [-0.4, -0.2) is 43.8 Å². The molecule has 0 aliphatic carbocycles. The van der Waals surface area contributed by atoms with Gasteiger partial charge in [0.1, 0.15) is 11.6 Å². The molecule has 0 bridgehead atoms. The van der Waals surface area contributed by atoms with Crippen LogP contribution in [0.4, 0.5) is 0 Å². The Bertz CT molecular complexity index is 680. The molecule has 1 atom stereocenters. The monoisotopic (exact) mass is 313 g/mol. The predicted octanol–water partition coefficient (Wildman–Crippen LogP) is 2.65. The lowest BCUT2D eigenvalue weighted by Gasteiger charge is -2.32. The first-order valence-electron chi connectivity index (χ1n) is 8.18. The maximum absolute atomic E-state index is 12.8. The second kappa shape index (κ2) is 6.48. The van der Waals surface area contributed by atoms with E-state index in [2.05, 4.69) is 33.8 Å². The number of amides is 1. The number of nitrogens with zero attached hydrogens (tertiary/aromatic N) is 4. The van der Waals surface area contributed by atoms with Crippen LogP contribution in [-0.2, 0) is 0 Å². The lowest BCUT2D eigenvalue weighted by Crippen LogP contribution is -2.39. The fraction of sp³-hybridized carbons (Fsp3) is 0.529. The molecular formula is C17H23N5O. The largest absolute Gasteiger partial charge is 0.348 e. The van der Waals surface area contributed by atoms with E-state index in [1.54, 1.807) is 12.4 Å². The van der Waals surface area contributed by atoms with Gasteiger partial charge in [0.05, 0.1) is 11.3 Å². The van der Waals surface area contributed by atoms with E-state index >= 15 is 0 Å². The average molecular weight is 313 g/mol. The number of aryl methyl sites for hydroxylation is 1. The molecule has 1 aliphatic rings. The normalized spacial score (nSPS) is 18.4. The van der Waals surface area contributed by atoms with Gasteiger partial charge >= 0.3 is 0 Å². The van der Waals surface area contributed by atoms with Crippen molar-refractivity contribution in [3.8, 4) is 0 Å². The smallest absolute Gasteiger partial charge is 0.257 e. The Morgan fingerprint density at radius 1 is 1.39 bits per heavy atom. The van der Waals surface area contributed by atoms with Gasteiger partial charge < -0.3 is 9.88 Å². The molecule has 1 amide bonds. The zero-order valence-corrected chi connectivity index (χ0v) is 13.9. The summed E-state index contributed by atoms with van der Waals surface area (Å²) in [5, 5.41) is 0. The van der Waals surface area contributed by atoms with Gasteiger partial charge in [-0.2, -0.15) is 0 Å². The number of imidazole rings is 1. The van der Waals surface area contributed by atoms with E-state index in [1.807, 2.05) is 18.0 Å². The molecule has 6 heteroatoms. The maximum Gasteiger partial charge on any atom is 0.257 e. The number of hydrogen-bond acceptors (Lipinski definition) is 4. The number of hydrogen-bond donors (Lipinski definition) is 1. The molecule has 2 aromatic heterocycles. The third-order valence-electron chi connectivity index (χ3n) is 4.36. The van der Waals surface area contributed by atoms with E-state index in [9.17, 15) is 4.79 Å². The highest BCUT2D eigenvalue weighted by Crippen LogP contribution is 2.25. The molecule has 23 heavy (non-hydrogen) atoms. The van der Waals surface area contributed by atoms with Crippen molar-refractivity contribution < 1.29 is 4.79 Å². The van der Waals surface area contributed by atoms with Gasteiger partial charge in [-0.1, -0.05) is 13.8 Å². The third-order valence-corrected chi connectivity index (χ3v) is 4.36. The van der Waals surface area contributed by atoms with Crippen molar-refractivity contribution in [1.29, 1.82) is 0 Å². The van der Waals surface area contributed by atoms with E-state index in [4.69, 9.17) is 0 Å². The van der Waals surface area contributed by atoms with E-state index in [0.717, 1.165) is 36.7 Å². The number of aromatic amines is 1. The first kappa shape index (κ1) is 15.6. The summed E-state index contributed by atoms with van der Waals surface area (Å²) in [6.07, 6.45) is 7.31. The van der Waals surface area contributed by atoms with E-state index in [0.29, 0.717) is 12.1 Å². The number of H-pyrrole nitrogens is 1. The fourth-order valence-corrected chi connectivity index (χ4v) is 3.03. The topological polar surface area (TPSA) is 74.8 Å². The number of carbonyl (C=O) groups excluding carboxylic acids is 1. The molecule has 0 radical (unpaired) electrons. The SMILES string of the molecule is Cc1nc(C(C)C)ncc1C(=O)N1CCCC(c2ncc[nH]2)C1. The first-order valence-corrected chi connectivity index (χ1v) is 8.18. The van der Waals surface area contributed by atoms with Crippen molar-refractivity contribution in [1.82, 2.24) is 24.8 Å². The summed E-state index contributed by atoms with van der Waals surface area (Å²) in [6.45, 7) is 7.46. The fourth-order valence-electron chi connectivity index (χ4n) is 3.03. The summed E-state index contributed by atoms with van der Waals surface area (Å²) in [5.41, 5.74) is 1.36. The third kappa shape index (κ3) is 3.25. The van der Waals surface area contributed by atoms with Gasteiger partial charge in [0.2, 0.25) is 0 Å². The van der Waals surface area contributed by atoms with Gasteiger partial charge in [0.15, 0.2) is 0 Å². The van der Waals surface area contributed by atoms with Gasteiger partial charge in [0.25, 0.3) is 5.91 Å². The molecule has 0 spiro atoms. The standard InChI is InChI=1S/C17H23N5O/c1-11(2)15-20-9-14(12(3)21-15)17(23)22-8-4-5-13(10-22)16-18-6-7-19-16/h6-7,9,11,13H,4-5,8,10H2,1-3H3,(H,18,19). The summed E-state index contributed by atoms with van der Waals surface area (Å²) in [6, 6.07) is 0. The number of aromatic nitrogens is 4. The Morgan fingerprint density at radius 3 is 2.87 bits per heavy atom. The van der Waals surface area contributed by atoms with Crippen molar-refractivity contribution >= 4 is 5.91 Å². The number of carbonyl (C=O) groups is 1. The molecule has 1 fully saturated rings. The Morgan fingerprint density at radius 2 is 2.22 bits per heavy atom. The second-order valence-corrected chi connectivity index (χ2v) is 6.45. The molecule has 2 aromatic rings. The van der Waals surface area contributed by atoms with Gasteiger partial charge in [-0.05, 0) is 19.8 Å². The molecule has 0 saturated carbocycles. The highest BCUT2D eigenvalue weighted by atomic mass is 16.2. The first-order chi connectivity index (χ1) is 11.1. The minimum atomic E-state index is 0.0223. The lowest BCUT2D eigenvalue weighted by molar-refractivity contribution is 0.0703. The molecule has 0 aromatic carbocycles. The van der Waals surface area contributed by atoms with Crippen molar-refractivity contribution in [2.75, 3.05) is 13.1 Å². The van der Waals surface area contributed by atoms with E-state index in [-0.39, 0.29) is 17.7 Å². The van der Waals surface area contributed by atoms with Crippen molar-refractivity contribution in [3.63, 3.8) is 0 Å². The van der Waals surface area contributed by atoms with Crippen LogP contribution < -0.4 is 0 Å². The van der Waals surface area contributed by atoms with E-state index < -0.39 is 0 Å². The van der Waals surface area contributed by atoms with Crippen LogP contribution >= 0.6 is 0 Å². The minimum Gasteiger partial charge on any atom is -0.348 e. The van der Waals surface area contributed by atoms with Crippen molar-refractivity contribution in [3.05, 3.63) is 41.5 Å². The summed E-state index contributed by atoms with van der Waals surface area (Å²) >= 11 is 0. The molecule has 3 rings (SSSR count). The quantitative estimate of drug-likeness (QED) is 0.945. The van der Waals surface area contributed by atoms with Gasteiger partial charge in [0, 0.05) is 43.5 Å². The lowest BCUT2D eigenvalue weighted by atomic mass is 9.96. The summed E-state index contributed by atoms with van der Waals surface area (Å²) in [7, 11) is 0. The van der Waals surface area contributed by atoms with Crippen molar-refractivity contribution in [2.45, 2.75) is 45.4 Å². The van der Waals surface area contributed by atoms with Crippen LogP contribution in [0.2, 0.25) is 0 Å². The molecule has 1 N–H and O–H groups in total. The highest BCUT2D eigenvalue weighted by molar-refractivity contribution is 5.95.